The Morgan fingerprint density at radius 3 is 2.63 bits per heavy atom. The van der Waals surface area contributed by atoms with E-state index in [1.807, 2.05) is 24.4 Å². The maximum absolute atomic E-state index is 13.9. The van der Waals surface area contributed by atoms with E-state index in [4.69, 9.17) is 9.73 Å². The Hall–Kier alpha value is -3.08. The zero-order valence-electron chi connectivity index (χ0n) is 20.2. The average Bonchev–Trinajstić information content (AvgIpc) is 3.29. The molecule has 0 spiro atoms. The van der Waals surface area contributed by atoms with Crippen molar-refractivity contribution in [1.29, 1.82) is 0 Å². The lowest BCUT2D eigenvalue weighted by Gasteiger charge is -2.33. The molecule has 0 saturated heterocycles. The standard InChI is InChI=1S/C30H31FN2O2/c1-18(29-16-22-15-21(9-11-27(22)33-29)30(34)35-24-3-2-4-24)19-5-7-20(8-6-19)25-13-14-32-28-12-10-23(31)17-26(25)28/h9-15,17-20,24H,2-8,16H2,1H3/t18-,19?,20?/m1/s1. The molecule has 180 valence electrons. The highest BCUT2D eigenvalue weighted by molar-refractivity contribution is 5.97. The van der Waals surface area contributed by atoms with Gasteiger partial charge in [-0.2, -0.15) is 0 Å². The number of carbonyl (C=O) groups is 1. The zero-order chi connectivity index (χ0) is 23.9. The number of aromatic nitrogens is 1. The second-order valence-electron chi connectivity index (χ2n) is 10.5. The normalized spacial score (nSPS) is 22.9. The summed E-state index contributed by atoms with van der Waals surface area (Å²) in [4.78, 5) is 21.9. The molecule has 35 heavy (non-hydrogen) atoms. The molecular formula is C30H31FN2O2. The molecule has 0 bridgehead atoms. The molecule has 5 heteroatoms. The molecular weight excluding hydrogens is 439 g/mol. The molecule has 4 nitrogen and oxygen atoms in total. The lowest BCUT2D eigenvalue weighted by Crippen LogP contribution is -2.25. The summed E-state index contributed by atoms with van der Waals surface area (Å²) in [6.45, 7) is 2.30. The average molecular weight is 471 g/mol. The molecule has 0 radical (unpaired) electrons. The first-order valence-corrected chi connectivity index (χ1v) is 13.0. The maximum atomic E-state index is 13.9. The van der Waals surface area contributed by atoms with Crippen LogP contribution in [0.4, 0.5) is 10.1 Å². The van der Waals surface area contributed by atoms with Crippen LogP contribution in [0.5, 0.6) is 0 Å². The summed E-state index contributed by atoms with van der Waals surface area (Å²) in [7, 11) is 0. The van der Waals surface area contributed by atoms with Crippen LogP contribution in [0.3, 0.4) is 0 Å². The largest absolute Gasteiger partial charge is 0.459 e. The van der Waals surface area contributed by atoms with Gasteiger partial charge in [0.15, 0.2) is 0 Å². The lowest BCUT2D eigenvalue weighted by atomic mass is 9.72. The van der Waals surface area contributed by atoms with Gasteiger partial charge in [-0.05, 0) is 116 Å². The molecule has 2 heterocycles. The van der Waals surface area contributed by atoms with E-state index >= 15 is 0 Å². The van der Waals surface area contributed by atoms with Crippen LogP contribution >= 0.6 is 0 Å². The second kappa shape index (κ2) is 9.18. The van der Waals surface area contributed by atoms with E-state index in [1.165, 1.54) is 17.3 Å². The Bertz CT molecular complexity index is 1300. The number of fused-ring (bicyclic) bond motifs is 2. The molecule has 0 unspecified atom stereocenters. The quantitative estimate of drug-likeness (QED) is 0.367. The Morgan fingerprint density at radius 1 is 1.03 bits per heavy atom. The Balaban J connectivity index is 1.10. The molecule has 1 aliphatic heterocycles. The number of aliphatic imine (C=N–C) groups is 1. The fourth-order valence-corrected chi connectivity index (χ4v) is 6.02. The molecule has 2 aliphatic carbocycles. The predicted molar refractivity (Wildman–Crippen MR) is 136 cm³/mol. The van der Waals surface area contributed by atoms with Gasteiger partial charge < -0.3 is 4.74 Å². The van der Waals surface area contributed by atoms with Gasteiger partial charge in [-0.3, -0.25) is 9.98 Å². The molecule has 1 aromatic heterocycles. The fourth-order valence-electron chi connectivity index (χ4n) is 6.02. The SMILES string of the molecule is C[C@@H](C1=Nc2ccc(C(=O)OC3CCC3)cc2C1)C1CCC(c2ccnc3ccc(F)cc23)CC1. The van der Waals surface area contributed by atoms with Crippen LogP contribution in [0.15, 0.2) is 53.7 Å². The zero-order valence-corrected chi connectivity index (χ0v) is 20.2. The number of halogens is 1. The van der Waals surface area contributed by atoms with Gasteiger partial charge in [-0.25, -0.2) is 9.18 Å². The van der Waals surface area contributed by atoms with Crippen molar-refractivity contribution < 1.29 is 13.9 Å². The maximum Gasteiger partial charge on any atom is 0.338 e. The van der Waals surface area contributed by atoms with Crippen LogP contribution in [0.25, 0.3) is 10.9 Å². The van der Waals surface area contributed by atoms with E-state index in [9.17, 15) is 9.18 Å². The van der Waals surface area contributed by atoms with Crippen LogP contribution in [-0.2, 0) is 11.2 Å². The Kier molecular flexibility index (Phi) is 5.87. The molecule has 1 atom stereocenters. The van der Waals surface area contributed by atoms with E-state index in [0.717, 1.165) is 73.5 Å². The highest BCUT2D eigenvalue weighted by atomic mass is 19.1. The first-order valence-electron chi connectivity index (χ1n) is 13.0. The second-order valence-corrected chi connectivity index (χ2v) is 10.5. The number of hydrogen-bond acceptors (Lipinski definition) is 4. The topological polar surface area (TPSA) is 51.5 Å². The van der Waals surface area contributed by atoms with Crippen molar-refractivity contribution in [3.05, 3.63) is 71.2 Å². The molecule has 3 aromatic rings. The van der Waals surface area contributed by atoms with Crippen molar-refractivity contribution in [1.82, 2.24) is 4.98 Å². The number of nitrogens with zero attached hydrogens (tertiary/aromatic N) is 2. The predicted octanol–water partition coefficient (Wildman–Crippen LogP) is 7.32. The third-order valence-corrected chi connectivity index (χ3v) is 8.46. The Morgan fingerprint density at radius 2 is 1.86 bits per heavy atom. The summed E-state index contributed by atoms with van der Waals surface area (Å²) in [6.07, 6.45) is 10.4. The number of pyridine rings is 1. The van der Waals surface area contributed by atoms with Crippen LogP contribution in [0.1, 0.15) is 79.3 Å². The summed E-state index contributed by atoms with van der Waals surface area (Å²) >= 11 is 0. The highest BCUT2D eigenvalue weighted by Crippen LogP contribution is 2.42. The van der Waals surface area contributed by atoms with Crippen LogP contribution in [-0.4, -0.2) is 22.8 Å². The van der Waals surface area contributed by atoms with Crippen molar-refractivity contribution in [2.45, 2.75) is 70.3 Å². The Labute approximate surface area is 205 Å². The van der Waals surface area contributed by atoms with Crippen molar-refractivity contribution in [3.8, 4) is 0 Å². The summed E-state index contributed by atoms with van der Waals surface area (Å²) in [5.74, 6) is 1.03. The number of esters is 1. The molecule has 3 aliphatic rings. The monoisotopic (exact) mass is 470 g/mol. The smallest absolute Gasteiger partial charge is 0.338 e. The first kappa shape index (κ1) is 22.4. The first-order chi connectivity index (χ1) is 17.0. The van der Waals surface area contributed by atoms with Gasteiger partial charge in [0.25, 0.3) is 0 Å². The molecule has 6 rings (SSSR count). The molecule has 2 aromatic carbocycles. The van der Waals surface area contributed by atoms with Crippen molar-refractivity contribution >= 4 is 28.3 Å². The van der Waals surface area contributed by atoms with Crippen molar-refractivity contribution in [2.24, 2.45) is 16.8 Å². The highest BCUT2D eigenvalue weighted by Gasteiger charge is 2.31. The van der Waals surface area contributed by atoms with Gasteiger partial charge in [-0.1, -0.05) is 6.92 Å². The number of benzene rings is 2. The van der Waals surface area contributed by atoms with Crippen LogP contribution in [0, 0.1) is 17.7 Å². The van der Waals surface area contributed by atoms with E-state index < -0.39 is 0 Å². The summed E-state index contributed by atoms with van der Waals surface area (Å²) in [5.41, 5.74) is 6.09. The van der Waals surface area contributed by atoms with Gasteiger partial charge in [0.2, 0.25) is 0 Å². The molecule has 0 amide bonds. The summed E-state index contributed by atoms with van der Waals surface area (Å²) < 4.78 is 19.5. The number of rotatable bonds is 5. The van der Waals surface area contributed by atoms with Gasteiger partial charge in [0.05, 0.1) is 16.8 Å². The van der Waals surface area contributed by atoms with Gasteiger partial charge in [0.1, 0.15) is 11.9 Å². The minimum absolute atomic E-state index is 0.0990. The van der Waals surface area contributed by atoms with Crippen LogP contribution in [0.2, 0.25) is 0 Å². The third kappa shape index (κ3) is 4.37. The van der Waals surface area contributed by atoms with E-state index in [2.05, 4.69) is 18.0 Å². The van der Waals surface area contributed by atoms with Gasteiger partial charge in [-0.15, -0.1) is 0 Å². The van der Waals surface area contributed by atoms with Crippen LogP contribution < -0.4 is 0 Å². The van der Waals surface area contributed by atoms with E-state index in [0.29, 0.717) is 23.3 Å². The minimum Gasteiger partial charge on any atom is -0.459 e. The number of hydrogen-bond donors (Lipinski definition) is 0. The number of ether oxygens (including phenoxy) is 1. The van der Waals surface area contributed by atoms with Crippen molar-refractivity contribution in [2.75, 3.05) is 0 Å². The minimum atomic E-state index is -0.208. The summed E-state index contributed by atoms with van der Waals surface area (Å²) in [6, 6.07) is 12.8. The molecule has 0 N–H and O–H groups in total. The van der Waals surface area contributed by atoms with E-state index in [1.54, 1.807) is 12.1 Å². The fraction of sp³-hybridized carbons (Fsp3) is 0.433. The van der Waals surface area contributed by atoms with E-state index in [-0.39, 0.29) is 17.9 Å². The van der Waals surface area contributed by atoms with Crippen molar-refractivity contribution in [3.63, 3.8) is 0 Å². The van der Waals surface area contributed by atoms with Gasteiger partial charge >= 0.3 is 5.97 Å². The molecule has 2 fully saturated rings. The number of carbonyl (C=O) groups excluding carboxylic acids is 1. The summed E-state index contributed by atoms with van der Waals surface area (Å²) in [5, 5.41) is 0.950. The lowest BCUT2D eigenvalue weighted by molar-refractivity contribution is 0.00900. The third-order valence-electron chi connectivity index (χ3n) is 8.46. The molecule has 2 saturated carbocycles. The van der Waals surface area contributed by atoms with Gasteiger partial charge in [0, 0.05) is 23.7 Å².